The van der Waals surface area contributed by atoms with Crippen molar-refractivity contribution in [3.63, 3.8) is 0 Å². The molecule has 2 heterocycles. The summed E-state index contributed by atoms with van der Waals surface area (Å²) in [7, 11) is 1.61. The van der Waals surface area contributed by atoms with E-state index in [2.05, 4.69) is 36.5 Å². The number of methoxy groups -OCH3 is 1. The molecule has 0 aliphatic heterocycles. The van der Waals surface area contributed by atoms with E-state index in [9.17, 15) is 0 Å². The number of hydrogen-bond donors (Lipinski definition) is 0. The summed E-state index contributed by atoms with van der Waals surface area (Å²) in [5.74, 6) is 0.659. The van der Waals surface area contributed by atoms with Gasteiger partial charge in [0, 0.05) is 21.5 Å². The molecule has 0 saturated carbocycles. The van der Waals surface area contributed by atoms with E-state index in [1.807, 2.05) is 10.9 Å². The molecule has 0 saturated heterocycles. The smallest absolute Gasteiger partial charge is 0.191 e. The van der Waals surface area contributed by atoms with E-state index in [0.717, 1.165) is 10.5 Å². The molecule has 0 atom stereocenters. The number of hydrogen-bond acceptors (Lipinski definition) is 5. The summed E-state index contributed by atoms with van der Waals surface area (Å²) in [6, 6.07) is 5.37. The van der Waals surface area contributed by atoms with Crippen molar-refractivity contribution in [3.05, 3.63) is 61.2 Å². The van der Waals surface area contributed by atoms with Crippen LogP contribution in [0.2, 0.25) is 5.02 Å². The second-order valence-electron chi connectivity index (χ2n) is 7.00. The van der Waals surface area contributed by atoms with Crippen molar-refractivity contribution < 1.29 is 4.74 Å². The van der Waals surface area contributed by atoms with Gasteiger partial charge in [-0.05, 0) is 23.6 Å². The molecule has 27 heavy (non-hydrogen) atoms. The molecule has 0 N–H and O–H groups in total. The molecule has 0 aliphatic rings. The Morgan fingerprint density at radius 2 is 2.15 bits per heavy atom. The fourth-order valence-corrected chi connectivity index (χ4v) is 4.49. The van der Waals surface area contributed by atoms with Gasteiger partial charge in [-0.1, -0.05) is 44.6 Å². The van der Waals surface area contributed by atoms with E-state index >= 15 is 0 Å². The zero-order valence-electron chi connectivity index (χ0n) is 15.5. The van der Waals surface area contributed by atoms with Gasteiger partial charge in [0.25, 0.3) is 0 Å². The Balaban J connectivity index is 2.07. The first-order chi connectivity index (χ1) is 12.8. The van der Waals surface area contributed by atoms with Crippen LogP contribution in [0.25, 0.3) is 0 Å². The lowest BCUT2D eigenvalue weighted by Gasteiger charge is -2.14. The quantitative estimate of drug-likeness (QED) is 0.520. The molecule has 3 rings (SSSR count). The fraction of sp³-hybridized carbons (Fsp3) is 0.316. The number of ether oxygens (including phenoxy) is 1. The molecule has 0 fully saturated rings. The fourth-order valence-electron chi connectivity index (χ4n) is 2.41. The van der Waals surface area contributed by atoms with Gasteiger partial charge < -0.3 is 9.30 Å². The maximum Gasteiger partial charge on any atom is 0.191 e. The minimum absolute atomic E-state index is 0.0254. The van der Waals surface area contributed by atoms with E-state index < -0.39 is 0 Å². The molecule has 142 valence electrons. The van der Waals surface area contributed by atoms with Crippen LogP contribution in [0.5, 0.6) is 5.75 Å². The molecule has 0 spiro atoms. The SMILES string of the molecule is COc1ccc(Cl)cc1C(=S)N=c1sc(C(C)(C)C)cn1Cc1cscn1. The predicted octanol–water partition coefficient (Wildman–Crippen LogP) is 5.29. The first-order valence-electron chi connectivity index (χ1n) is 8.28. The lowest BCUT2D eigenvalue weighted by Crippen LogP contribution is -2.17. The van der Waals surface area contributed by atoms with Gasteiger partial charge in [-0.15, -0.1) is 22.7 Å². The zero-order chi connectivity index (χ0) is 19.6. The Labute approximate surface area is 177 Å². The van der Waals surface area contributed by atoms with Crippen LogP contribution < -0.4 is 9.54 Å². The molecular formula is C19H20ClN3OS3. The molecule has 2 aromatic heterocycles. The van der Waals surface area contributed by atoms with Crippen LogP contribution in [0, 0.1) is 0 Å². The number of aromatic nitrogens is 2. The molecule has 4 nitrogen and oxygen atoms in total. The van der Waals surface area contributed by atoms with E-state index in [1.54, 1.807) is 48.0 Å². The monoisotopic (exact) mass is 437 g/mol. The number of rotatable bonds is 4. The Morgan fingerprint density at radius 1 is 1.37 bits per heavy atom. The van der Waals surface area contributed by atoms with Crippen molar-refractivity contribution in [1.82, 2.24) is 9.55 Å². The summed E-state index contributed by atoms with van der Waals surface area (Å²) in [6.45, 7) is 7.22. The molecule has 8 heteroatoms. The standard InChI is InChI=1S/C19H20ClN3OS3/c1-19(2,3)16-9-23(8-13-10-26-11-21-13)18(27-16)22-17(25)14-7-12(20)5-6-15(14)24-4/h5-7,9-11H,8H2,1-4H3. The van der Waals surface area contributed by atoms with E-state index in [0.29, 0.717) is 27.9 Å². The maximum absolute atomic E-state index is 6.14. The van der Waals surface area contributed by atoms with Gasteiger partial charge in [0.1, 0.15) is 10.7 Å². The van der Waals surface area contributed by atoms with Crippen molar-refractivity contribution in [1.29, 1.82) is 0 Å². The van der Waals surface area contributed by atoms with Crippen LogP contribution in [0.1, 0.15) is 36.9 Å². The third kappa shape index (κ3) is 4.85. The summed E-state index contributed by atoms with van der Waals surface area (Å²) in [5, 5.41) is 2.64. The van der Waals surface area contributed by atoms with E-state index in [-0.39, 0.29) is 5.41 Å². The van der Waals surface area contributed by atoms with Crippen molar-refractivity contribution in [2.24, 2.45) is 4.99 Å². The Bertz CT molecular complexity index is 1010. The van der Waals surface area contributed by atoms with E-state index in [1.165, 1.54) is 4.88 Å². The molecule has 0 unspecified atom stereocenters. The van der Waals surface area contributed by atoms with Crippen molar-refractivity contribution in [3.8, 4) is 5.75 Å². The van der Waals surface area contributed by atoms with Crippen LogP contribution in [-0.2, 0) is 12.0 Å². The summed E-state index contributed by atoms with van der Waals surface area (Å²) in [5.41, 5.74) is 3.58. The number of thiocarbonyl (C=S) groups is 1. The summed E-state index contributed by atoms with van der Waals surface area (Å²) in [4.78, 5) is 11.6. The lowest BCUT2D eigenvalue weighted by molar-refractivity contribution is 0.414. The minimum Gasteiger partial charge on any atom is -0.496 e. The second-order valence-corrected chi connectivity index (χ2v) is 9.55. The Kier molecular flexibility index (Phi) is 6.15. The largest absolute Gasteiger partial charge is 0.496 e. The number of halogens is 1. The second kappa shape index (κ2) is 8.22. The average molecular weight is 438 g/mol. The Morgan fingerprint density at radius 3 is 2.78 bits per heavy atom. The summed E-state index contributed by atoms with van der Waals surface area (Å²) in [6.07, 6.45) is 2.14. The third-order valence-corrected chi connectivity index (χ3v) is 6.49. The molecule has 1 aromatic carbocycles. The van der Waals surface area contributed by atoms with Gasteiger partial charge in [-0.2, -0.15) is 0 Å². The van der Waals surface area contributed by atoms with Gasteiger partial charge in [0.05, 0.1) is 30.4 Å². The van der Waals surface area contributed by atoms with Crippen molar-refractivity contribution in [2.45, 2.75) is 32.7 Å². The topological polar surface area (TPSA) is 39.4 Å². The lowest BCUT2D eigenvalue weighted by atomic mass is 9.95. The van der Waals surface area contributed by atoms with Crippen LogP contribution in [-0.4, -0.2) is 21.6 Å². The highest BCUT2D eigenvalue weighted by Gasteiger charge is 2.18. The first kappa shape index (κ1) is 20.2. The van der Waals surface area contributed by atoms with Crippen molar-refractivity contribution in [2.75, 3.05) is 7.11 Å². The average Bonchev–Trinajstić information content (AvgIpc) is 3.25. The van der Waals surface area contributed by atoms with Crippen LogP contribution in [0.4, 0.5) is 0 Å². The van der Waals surface area contributed by atoms with Gasteiger partial charge in [0.15, 0.2) is 4.80 Å². The zero-order valence-corrected chi connectivity index (χ0v) is 18.7. The van der Waals surface area contributed by atoms with Crippen LogP contribution in [0.15, 0.2) is 40.3 Å². The Hall–Kier alpha value is -1.54. The molecule has 0 bridgehead atoms. The normalized spacial score (nSPS) is 12.4. The molecule has 3 aromatic rings. The third-order valence-electron chi connectivity index (χ3n) is 3.86. The molecule has 0 radical (unpaired) electrons. The van der Waals surface area contributed by atoms with E-state index in [4.69, 9.17) is 33.5 Å². The first-order valence-corrected chi connectivity index (χ1v) is 10.8. The van der Waals surface area contributed by atoms with Crippen LogP contribution in [0.3, 0.4) is 0 Å². The highest BCUT2D eigenvalue weighted by atomic mass is 35.5. The minimum atomic E-state index is 0.0254. The molecule has 0 aliphatic carbocycles. The van der Waals surface area contributed by atoms with Gasteiger partial charge in [-0.25, -0.2) is 9.98 Å². The summed E-state index contributed by atoms with van der Waals surface area (Å²) < 4.78 is 7.52. The molecule has 0 amide bonds. The maximum atomic E-state index is 6.14. The van der Waals surface area contributed by atoms with Crippen LogP contribution >= 0.6 is 46.5 Å². The highest BCUT2D eigenvalue weighted by Crippen LogP contribution is 2.26. The number of benzene rings is 1. The van der Waals surface area contributed by atoms with Crippen molar-refractivity contribution >= 4 is 51.5 Å². The predicted molar refractivity (Wildman–Crippen MR) is 117 cm³/mol. The van der Waals surface area contributed by atoms with Gasteiger partial charge in [-0.3, -0.25) is 0 Å². The summed E-state index contributed by atoms with van der Waals surface area (Å²) >= 11 is 15.0. The molecular weight excluding hydrogens is 418 g/mol. The number of nitrogens with zero attached hydrogens (tertiary/aromatic N) is 3. The van der Waals surface area contributed by atoms with Gasteiger partial charge >= 0.3 is 0 Å². The highest BCUT2D eigenvalue weighted by molar-refractivity contribution is 7.80. The van der Waals surface area contributed by atoms with Gasteiger partial charge in [0.2, 0.25) is 0 Å². The number of thiazole rings is 2.